The highest BCUT2D eigenvalue weighted by Crippen LogP contribution is 2.73. The molecule has 2 unspecified atom stereocenters. The normalized spacial score (nSPS) is 51.1. The van der Waals surface area contributed by atoms with Gasteiger partial charge in [-0.05, 0) is 81.0 Å². The number of hydrogen-bond donors (Lipinski definition) is 0. The Morgan fingerprint density at radius 2 is 1.82 bits per heavy atom. The number of hydrogen-bond acceptors (Lipinski definition) is 4. The fraction of sp³-hybridized carbons (Fsp3) is 0.913. The molecule has 2 heterocycles. The second-order valence-electron chi connectivity index (χ2n) is 11.6. The van der Waals surface area contributed by atoms with Gasteiger partial charge in [-0.2, -0.15) is 0 Å². The molecule has 4 aliphatic carbocycles. The Morgan fingerprint density at radius 3 is 2.57 bits per heavy atom. The zero-order valence-corrected chi connectivity index (χ0v) is 19.0. The van der Waals surface area contributed by atoms with Crippen LogP contribution in [-0.2, 0) is 18.6 Å². The van der Waals surface area contributed by atoms with Crippen LogP contribution in [0.1, 0.15) is 58.3 Å². The van der Waals surface area contributed by atoms with Gasteiger partial charge < -0.3 is 18.6 Å². The molecule has 0 aromatic rings. The Morgan fingerprint density at radius 1 is 1.04 bits per heavy atom. The first kappa shape index (κ1) is 18.6. The van der Waals surface area contributed by atoms with Crippen LogP contribution in [0.25, 0.3) is 0 Å². The van der Waals surface area contributed by atoms with E-state index in [1.165, 1.54) is 25.7 Å². The molecule has 0 aromatic carbocycles. The maximum Gasteiger partial charge on any atom is 0.184 e. The van der Waals surface area contributed by atoms with E-state index >= 15 is 0 Å². The molecule has 2 aliphatic heterocycles. The molecule has 3 saturated carbocycles. The summed E-state index contributed by atoms with van der Waals surface area (Å²) in [5.74, 6) is 1.12. The third kappa shape index (κ3) is 2.31. The topological polar surface area (TPSA) is 40.2 Å². The van der Waals surface area contributed by atoms with Gasteiger partial charge in [-0.15, -0.1) is 0 Å². The SMILES string of the molecule is C[C@]12CC=C3C(CC[C@@]45CC6(CC[C@@]34O5)OCCO6)C1CC[C@@H]2O[Si](C)(C)C. The molecular formula is C23H36O4Si. The van der Waals surface area contributed by atoms with Crippen LogP contribution >= 0.6 is 0 Å². The predicted octanol–water partition coefficient (Wildman–Crippen LogP) is 4.80. The van der Waals surface area contributed by atoms with Crippen molar-refractivity contribution in [3.63, 3.8) is 0 Å². The highest BCUT2D eigenvalue weighted by Gasteiger charge is 2.79. The zero-order chi connectivity index (χ0) is 19.4. The third-order valence-corrected chi connectivity index (χ3v) is 10.1. The van der Waals surface area contributed by atoms with Crippen LogP contribution in [0.15, 0.2) is 11.6 Å². The van der Waals surface area contributed by atoms with Crippen LogP contribution in [-0.4, -0.2) is 44.6 Å². The molecule has 0 aromatic heterocycles. The first-order valence-corrected chi connectivity index (χ1v) is 15.0. The average Bonchev–Trinajstić information content (AvgIpc) is 2.91. The summed E-state index contributed by atoms with van der Waals surface area (Å²) in [5.41, 5.74) is 1.98. The molecule has 6 aliphatic rings. The van der Waals surface area contributed by atoms with Gasteiger partial charge in [0.25, 0.3) is 0 Å². The molecule has 0 radical (unpaired) electrons. The minimum absolute atomic E-state index is 0.00149. The summed E-state index contributed by atoms with van der Waals surface area (Å²) in [6.45, 7) is 11.0. The molecule has 156 valence electrons. The Kier molecular flexibility index (Phi) is 3.66. The summed E-state index contributed by atoms with van der Waals surface area (Å²) in [6.07, 6.45) is 12.2. The zero-order valence-electron chi connectivity index (χ0n) is 18.0. The Balaban J connectivity index is 1.29. The first-order chi connectivity index (χ1) is 13.2. The van der Waals surface area contributed by atoms with Crippen LogP contribution in [0.4, 0.5) is 0 Å². The largest absolute Gasteiger partial charge is 0.414 e. The molecular weight excluding hydrogens is 368 g/mol. The van der Waals surface area contributed by atoms with E-state index in [-0.39, 0.29) is 17.0 Å². The number of fused-ring (bicyclic) bond motifs is 3. The van der Waals surface area contributed by atoms with Crippen LogP contribution in [0, 0.1) is 17.3 Å². The number of allylic oxidation sites excluding steroid dienone is 1. The highest BCUT2D eigenvalue weighted by atomic mass is 28.4. The van der Waals surface area contributed by atoms with Crippen molar-refractivity contribution in [2.45, 2.75) is 101 Å². The van der Waals surface area contributed by atoms with Crippen molar-refractivity contribution in [1.82, 2.24) is 0 Å². The number of epoxide rings is 1. The van der Waals surface area contributed by atoms with E-state index in [0.29, 0.717) is 17.4 Å². The summed E-state index contributed by atoms with van der Waals surface area (Å²) in [4.78, 5) is 0. The molecule has 1 spiro atoms. The van der Waals surface area contributed by atoms with Crippen molar-refractivity contribution < 1.29 is 18.6 Å². The van der Waals surface area contributed by atoms with Crippen LogP contribution in [0.5, 0.6) is 0 Å². The van der Waals surface area contributed by atoms with Gasteiger partial charge >= 0.3 is 0 Å². The maximum absolute atomic E-state index is 6.71. The third-order valence-electron chi connectivity index (χ3n) is 9.08. The van der Waals surface area contributed by atoms with Crippen LogP contribution in [0.3, 0.4) is 0 Å². The van der Waals surface area contributed by atoms with E-state index < -0.39 is 8.32 Å². The number of rotatable bonds is 2. The second kappa shape index (κ2) is 5.53. The minimum Gasteiger partial charge on any atom is -0.414 e. The van der Waals surface area contributed by atoms with Crippen molar-refractivity contribution in [3.05, 3.63) is 11.6 Å². The Bertz CT molecular complexity index is 723. The fourth-order valence-corrected chi connectivity index (χ4v) is 9.15. The summed E-state index contributed by atoms with van der Waals surface area (Å²) < 4.78 is 25.5. The Hall–Kier alpha value is -0.203. The van der Waals surface area contributed by atoms with E-state index in [1.807, 2.05) is 0 Å². The molecule has 6 rings (SSSR count). The van der Waals surface area contributed by atoms with Gasteiger partial charge in [0.05, 0.1) is 19.3 Å². The summed E-state index contributed by atoms with van der Waals surface area (Å²) in [5, 5.41) is 0. The molecule has 0 N–H and O–H groups in total. The highest BCUT2D eigenvalue weighted by molar-refractivity contribution is 6.69. The van der Waals surface area contributed by atoms with Gasteiger partial charge in [-0.1, -0.05) is 13.0 Å². The van der Waals surface area contributed by atoms with Gasteiger partial charge in [0.2, 0.25) is 0 Å². The molecule has 2 saturated heterocycles. The van der Waals surface area contributed by atoms with Crippen molar-refractivity contribution in [2.75, 3.05) is 13.2 Å². The standard InChI is InChI=1S/C23H36O4Si/c1-20-9-8-18-16(17(20)5-6-19(20)26-28(2,3)4)7-10-21-15-22(24-13-14-25-22)11-12-23(18,21)27-21/h8,16-17,19H,5-7,9-15H2,1-4H3/t16?,17?,19-,20-,21+,23+/m0/s1. The summed E-state index contributed by atoms with van der Waals surface area (Å²) >= 11 is 0. The van der Waals surface area contributed by atoms with Crippen LogP contribution < -0.4 is 0 Å². The maximum atomic E-state index is 6.71. The molecule has 5 heteroatoms. The van der Waals surface area contributed by atoms with E-state index in [9.17, 15) is 0 Å². The van der Waals surface area contributed by atoms with Crippen molar-refractivity contribution in [3.8, 4) is 0 Å². The number of ether oxygens (including phenoxy) is 3. The minimum atomic E-state index is -1.52. The summed E-state index contributed by atoms with van der Waals surface area (Å²) in [7, 11) is -1.52. The van der Waals surface area contributed by atoms with Gasteiger partial charge in [-0.3, -0.25) is 0 Å². The monoisotopic (exact) mass is 404 g/mol. The van der Waals surface area contributed by atoms with Crippen LogP contribution in [0.2, 0.25) is 19.6 Å². The van der Waals surface area contributed by atoms with E-state index in [2.05, 4.69) is 32.6 Å². The van der Waals surface area contributed by atoms with Gasteiger partial charge in [-0.25, -0.2) is 0 Å². The predicted molar refractivity (Wildman–Crippen MR) is 110 cm³/mol. The second-order valence-corrected chi connectivity index (χ2v) is 16.1. The first-order valence-electron chi connectivity index (χ1n) is 11.6. The molecule has 0 bridgehead atoms. The molecule has 4 nitrogen and oxygen atoms in total. The molecule has 5 fully saturated rings. The fourth-order valence-electron chi connectivity index (χ4n) is 7.91. The molecule has 28 heavy (non-hydrogen) atoms. The van der Waals surface area contributed by atoms with Gasteiger partial charge in [0, 0.05) is 12.8 Å². The summed E-state index contributed by atoms with van der Waals surface area (Å²) in [6, 6.07) is 0. The quantitative estimate of drug-likeness (QED) is 0.377. The lowest BCUT2D eigenvalue weighted by molar-refractivity contribution is -0.185. The van der Waals surface area contributed by atoms with E-state index in [1.54, 1.807) is 5.57 Å². The smallest absolute Gasteiger partial charge is 0.184 e. The van der Waals surface area contributed by atoms with Crippen molar-refractivity contribution in [2.24, 2.45) is 17.3 Å². The lowest BCUT2D eigenvalue weighted by Gasteiger charge is -2.50. The van der Waals surface area contributed by atoms with Gasteiger partial charge in [0.1, 0.15) is 11.2 Å². The van der Waals surface area contributed by atoms with E-state index in [0.717, 1.165) is 44.8 Å². The average molecular weight is 405 g/mol. The van der Waals surface area contributed by atoms with Crippen molar-refractivity contribution in [1.29, 1.82) is 0 Å². The lowest BCUT2D eigenvalue weighted by atomic mass is 9.54. The molecule has 0 amide bonds. The Labute approximate surface area is 170 Å². The molecule has 6 atom stereocenters. The van der Waals surface area contributed by atoms with E-state index in [4.69, 9.17) is 18.6 Å². The van der Waals surface area contributed by atoms with Crippen molar-refractivity contribution >= 4 is 8.32 Å². The van der Waals surface area contributed by atoms with Gasteiger partial charge in [0.15, 0.2) is 14.1 Å². The lowest BCUT2D eigenvalue weighted by Crippen LogP contribution is -2.52.